The van der Waals surface area contributed by atoms with E-state index in [2.05, 4.69) is 12.2 Å². The van der Waals surface area contributed by atoms with E-state index in [0.29, 0.717) is 5.56 Å². The van der Waals surface area contributed by atoms with Gasteiger partial charge in [-0.2, -0.15) is 0 Å². The molecule has 4 fully saturated rings. The van der Waals surface area contributed by atoms with Crippen molar-refractivity contribution in [1.82, 2.24) is 5.32 Å². The quantitative estimate of drug-likeness (QED) is 0.317. The van der Waals surface area contributed by atoms with E-state index in [9.17, 15) is 19.7 Å². The molecule has 1 amide bonds. The lowest BCUT2D eigenvalue weighted by atomic mass is 9.48. The zero-order chi connectivity index (χ0) is 21.3. The van der Waals surface area contributed by atoms with Gasteiger partial charge in [0.2, 0.25) is 0 Å². The highest BCUT2D eigenvalue weighted by molar-refractivity contribution is 5.89. The Morgan fingerprint density at radius 1 is 1.23 bits per heavy atom. The molecule has 7 heteroatoms. The maximum atomic E-state index is 12.4. The van der Waals surface area contributed by atoms with Crippen LogP contribution in [0, 0.1) is 33.3 Å². The van der Waals surface area contributed by atoms with Gasteiger partial charge in [0, 0.05) is 24.3 Å². The molecule has 30 heavy (non-hydrogen) atoms. The molecule has 7 nitrogen and oxygen atoms in total. The van der Waals surface area contributed by atoms with Crippen LogP contribution in [0.25, 0.3) is 6.08 Å². The molecule has 4 saturated carbocycles. The number of carbonyl (C=O) groups is 2. The number of non-ortho nitro benzene ring substituents is 1. The average molecular weight is 412 g/mol. The number of ether oxygens (including phenoxy) is 1. The third-order valence-electron chi connectivity index (χ3n) is 7.22. The topological polar surface area (TPSA) is 98.5 Å². The first-order valence-corrected chi connectivity index (χ1v) is 10.7. The molecule has 4 aliphatic rings. The first kappa shape index (κ1) is 20.6. The van der Waals surface area contributed by atoms with Crippen molar-refractivity contribution in [2.75, 3.05) is 6.61 Å². The summed E-state index contributed by atoms with van der Waals surface area (Å²) in [6.45, 7) is 1.77. The van der Waals surface area contributed by atoms with E-state index >= 15 is 0 Å². The number of nitro benzene ring substituents is 1. The van der Waals surface area contributed by atoms with Crippen LogP contribution in [0.2, 0.25) is 0 Å². The van der Waals surface area contributed by atoms with Crippen molar-refractivity contribution in [1.29, 1.82) is 0 Å². The fourth-order valence-electron chi connectivity index (χ4n) is 6.24. The van der Waals surface area contributed by atoms with Gasteiger partial charge in [-0.3, -0.25) is 14.9 Å². The largest absolute Gasteiger partial charge is 0.452 e. The van der Waals surface area contributed by atoms with Crippen LogP contribution in [0.5, 0.6) is 0 Å². The summed E-state index contributed by atoms with van der Waals surface area (Å²) in [5.74, 6) is 1.50. The fraction of sp³-hybridized carbons (Fsp3) is 0.565. The second kappa shape index (κ2) is 8.20. The van der Waals surface area contributed by atoms with Gasteiger partial charge in [0.25, 0.3) is 11.6 Å². The van der Waals surface area contributed by atoms with Gasteiger partial charge in [0.15, 0.2) is 6.61 Å². The number of benzene rings is 1. The molecule has 5 rings (SSSR count). The zero-order valence-electron chi connectivity index (χ0n) is 17.2. The molecular weight excluding hydrogens is 384 g/mol. The van der Waals surface area contributed by atoms with E-state index in [0.717, 1.165) is 17.8 Å². The van der Waals surface area contributed by atoms with E-state index in [-0.39, 0.29) is 29.7 Å². The molecular formula is C23H28N2O5. The molecule has 160 valence electrons. The summed E-state index contributed by atoms with van der Waals surface area (Å²) in [6.07, 6.45) is 10.3. The van der Waals surface area contributed by atoms with Crippen molar-refractivity contribution in [3.63, 3.8) is 0 Å². The van der Waals surface area contributed by atoms with Crippen molar-refractivity contribution in [2.45, 2.75) is 51.5 Å². The van der Waals surface area contributed by atoms with Crippen LogP contribution in [0.15, 0.2) is 30.3 Å². The number of hydrogen-bond acceptors (Lipinski definition) is 5. The molecule has 1 aromatic carbocycles. The van der Waals surface area contributed by atoms with Crippen molar-refractivity contribution in [2.24, 2.45) is 23.2 Å². The van der Waals surface area contributed by atoms with E-state index in [1.54, 1.807) is 12.1 Å². The maximum absolute atomic E-state index is 12.4. The lowest BCUT2D eigenvalue weighted by Gasteiger charge is -2.59. The Morgan fingerprint density at radius 2 is 1.87 bits per heavy atom. The minimum atomic E-state index is -0.654. The highest BCUT2D eigenvalue weighted by atomic mass is 16.6. The smallest absolute Gasteiger partial charge is 0.331 e. The summed E-state index contributed by atoms with van der Waals surface area (Å²) < 4.78 is 5.05. The van der Waals surface area contributed by atoms with Crippen molar-refractivity contribution in [3.8, 4) is 0 Å². The van der Waals surface area contributed by atoms with Crippen LogP contribution in [0.4, 0.5) is 5.69 Å². The molecule has 0 radical (unpaired) electrons. The van der Waals surface area contributed by atoms with Gasteiger partial charge >= 0.3 is 5.97 Å². The van der Waals surface area contributed by atoms with Crippen LogP contribution < -0.4 is 5.32 Å². The van der Waals surface area contributed by atoms with Crippen LogP contribution in [-0.2, 0) is 14.3 Å². The summed E-state index contributed by atoms with van der Waals surface area (Å²) in [7, 11) is 0. The molecule has 0 spiro atoms. The standard InChI is InChI=1S/C23H28N2O5/c1-15(23-11-17-7-18(12-23)9-19(8-17)13-23)24-21(26)14-30-22(27)6-5-16-3-2-4-20(10-16)25(28)29/h2-6,10,15,17-19H,7-9,11-14H2,1H3,(H,24,26)/b6-5+/t15-,17?,18?,19?,23?/m1/s1. The molecule has 1 N–H and O–H groups in total. The lowest BCUT2D eigenvalue weighted by Crippen LogP contribution is -2.56. The molecule has 0 aromatic heterocycles. The van der Waals surface area contributed by atoms with E-state index in [4.69, 9.17) is 4.74 Å². The average Bonchev–Trinajstić information content (AvgIpc) is 2.70. The van der Waals surface area contributed by atoms with Crippen LogP contribution in [0.1, 0.15) is 51.0 Å². The Bertz CT molecular complexity index is 843. The predicted octanol–water partition coefficient (Wildman–Crippen LogP) is 3.87. The highest BCUT2D eigenvalue weighted by Gasteiger charge is 2.53. The minimum Gasteiger partial charge on any atom is -0.452 e. The third-order valence-corrected chi connectivity index (χ3v) is 7.22. The summed E-state index contributed by atoms with van der Waals surface area (Å²) in [5, 5.41) is 13.9. The third kappa shape index (κ3) is 4.40. The van der Waals surface area contributed by atoms with Gasteiger partial charge in [-0.25, -0.2) is 4.79 Å². The number of rotatable bonds is 7. The molecule has 0 heterocycles. The Morgan fingerprint density at radius 3 is 2.47 bits per heavy atom. The second-order valence-electron chi connectivity index (χ2n) is 9.36. The van der Waals surface area contributed by atoms with Crippen molar-refractivity contribution in [3.05, 3.63) is 46.0 Å². The number of amides is 1. The normalized spacial score (nSPS) is 30.2. The minimum absolute atomic E-state index is 0.0523. The Kier molecular flexibility index (Phi) is 5.62. The number of nitrogens with one attached hydrogen (secondary N) is 1. The van der Waals surface area contributed by atoms with Crippen molar-refractivity contribution >= 4 is 23.6 Å². The van der Waals surface area contributed by atoms with Gasteiger partial charge in [0.05, 0.1) is 4.92 Å². The second-order valence-corrected chi connectivity index (χ2v) is 9.36. The molecule has 0 saturated heterocycles. The molecule has 1 atom stereocenters. The molecule has 0 aliphatic heterocycles. The van der Waals surface area contributed by atoms with Gasteiger partial charge in [0.1, 0.15) is 0 Å². The summed E-state index contributed by atoms with van der Waals surface area (Å²) in [6, 6.07) is 6.02. The maximum Gasteiger partial charge on any atom is 0.331 e. The molecule has 0 unspecified atom stereocenters. The lowest BCUT2D eigenvalue weighted by molar-refractivity contribution is -0.384. The number of nitro groups is 1. The Balaban J connectivity index is 1.26. The SMILES string of the molecule is C[C@@H](NC(=O)COC(=O)/C=C/c1cccc([N+](=O)[O-])c1)C12CC3CC(CC(C3)C1)C2. The monoisotopic (exact) mass is 412 g/mol. The first-order chi connectivity index (χ1) is 14.3. The van der Waals surface area contributed by atoms with Crippen molar-refractivity contribution < 1.29 is 19.2 Å². The van der Waals surface area contributed by atoms with Crippen LogP contribution >= 0.6 is 0 Å². The zero-order valence-corrected chi connectivity index (χ0v) is 17.2. The van der Waals surface area contributed by atoms with Gasteiger partial charge in [-0.05, 0) is 80.3 Å². The first-order valence-electron chi connectivity index (χ1n) is 10.7. The van der Waals surface area contributed by atoms with Gasteiger partial charge in [-0.1, -0.05) is 12.1 Å². The summed E-state index contributed by atoms with van der Waals surface area (Å²) in [4.78, 5) is 34.6. The number of carbonyl (C=O) groups excluding carboxylic acids is 2. The van der Waals surface area contributed by atoms with E-state index < -0.39 is 10.9 Å². The predicted molar refractivity (Wildman–Crippen MR) is 111 cm³/mol. The van der Waals surface area contributed by atoms with Gasteiger partial charge < -0.3 is 10.1 Å². The fourth-order valence-corrected chi connectivity index (χ4v) is 6.24. The molecule has 4 bridgehead atoms. The number of nitrogens with zero attached hydrogens (tertiary/aromatic N) is 1. The number of hydrogen-bond donors (Lipinski definition) is 1. The van der Waals surface area contributed by atoms with E-state index in [1.807, 2.05) is 0 Å². The summed E-state index contributed by atoms with van der Waals surface area (Å²) in [5.41, 5.74) is 0.667. The molecule has 1 aromatic rings. The Labute approximate surface area is 176 Å². The Hall–Kier alpha value is -2.70. The van der Waals surface area contributed by atoms with Gasteiger partial charge in [-0.15, -0.1) is 0 Å². The summed E-state index contributed by atoms with van der Waals surface area (Å²) >= 11 is 0. The van der Waals surface area contributed by atoms with Crippen LogP contribution in [0.3, 0.4) is 0 Å². The number of esters is 1. The van der Waals surface area contributed by atoms with E-state index in [1.165, 1.54) is 62.8 Å². The molecule has 4 aliphatic carbocycles. The highest BCUT2D eigenvalue weighted by Crippen LogP contribution is 2.61. The van der Waals surface area contributed by atoms with Crippen LogP contribution in [-0.4, -0.2) is 29.4 Å².